The first-order chi connectivity index (χ1) is 6.69. The highest BCUT2D eigenvalue weighted by atomic mass is 14.8. The Morgan fingerprint density at radius 3 is 2.21 bits per heavy atom. The molecule has 0 aromatic heterocycles. The fraction of sp³-hybridized carbons (Fsp3) is 1.00. The standard InChI is InChI=1S/C14H24/c1-9(2)14-10(3)8-12(14)13(14)11-6-4-5-7-11/h9-13H,4-8H2,1-3H3. The largest absolute Gasteiger partial charge is 0.0622 e. The van der Waals surface area contributed by atoms with Crippen molar-refractivity contribution in [3.8, 4) is 0 Å². The normalized spacial score (nSPS) is 51.9. The van der Waals surface area contributed by atoms with Gasteiger partial charge in [-0.15, -0.1) is 0 Å². The van der Waals surface area contributed by atoms with Gasteiger partial charge in [-0.1, -0.05) is 46.5 Å². The third-order valence-electron chi connectivity index (χ3n) is 5.91. The van der Waals surface area contributed by atoms with Crippen molar-refractivity contribution >= 4 is 0 Å². The van der Waals surface area contributed by atoms with Crippen molar-refractivity contribution in [3.63, 3.8) is 0 Å². The van der Waals surface area contributed by atoms with E-state index in [4.69, 9.17) is 0 Å². The lowest BCUT2D eigenvalue weighted by molar-refractivity contribution is 0.106. The van der Waals surface area contributed by atoms with Crippen molar-refractivity contribution in [2.24, 2.45) is 35.0 Å². The van der Waals surface area contributed by atoms with Crippen LogP contribution in [-0.4, -0.2) is 0 Å². The van der Waals surface area contributed by atoms with Gasteiger partial charge < -0.3 is 0 Å². The molecule has 3 fully saturated rings. The molecule has 0 spiro atoms. The Bertz CT molecular complexity index is 230. The minimum absolute atomic E-state index is 0.828. The van der Waals surface area contributed by atoms with E-state index < -0.39 is 0 Å². The second-order valence-electron chi connectivity index (χ2n) is 6.47. The molecule has 4 atom stereocenters. The highest BCUT2D eigenvalue weighted by molar-refractivity contribution is 5.23. The van der Waals surface area contributed by atoms with Crippen LogP contribution in [0.1, 0.15) is 52.9 Å². The van der Waals surface area contributed by atoms with Gasteiger partial charge in [0, 0.05) is 0 Å². The molecule has 0 aromatic rings. The van der Waals surface area contributed by atoms with Crippen molar-refractivity contribution in [1.29, 1.82) is 0 Å². The summed E-state index contributed by atoms with van der Waals surface area (Å²) in [4.78, 5) is 0. The molecule has 0 bridgehead atoms. The quantitative estimate of drug-likeness (QED) is 0.618. The molecule has 0 aromatic carbocycles. The average Bonchev–Trinajstić information content (AvgIpc) is 2.50. The van der Waals surface area contributed by atoms with Gasteiger partial charge in [-0.25, -0.2) is 0 Å². The molecule has 3 rings (SSSR count). The summed E-state index contributed by atoms with van der Waals surface area (Å²) in [6.45, 7) is 7.45. The van der Waals surface area contributed by atoms with Gasteiger partial charge in [0.1, 0.15) is 0 Å². The molecule has 0 saturated heterocycles. The van der Waals surface area contributed by atoms with Gasteiger partial charge in [-0.2, -0.15) is 0 Å². The van der Waals surface area contributed by atoms with Gasteiger partial charge in [0.05, 0.1) is 0 Å². The maximum Gasteiger partial charge on any atom is -0.0184 e. The molecule has 0 heteroatoms. The summed E-state index contributed by atoms with van der Waals surface area (Å²) in [5.74, 6) is 5.42. The zero-order chi connectivity index (χ0) is 9.92. The molecular weight excluding hydrogens is 168 g/mol. The zero-order valence-corrected chi connectivity index (χ0v) is 9.92. The summed E-state index contributed by atoms with van der Waals surface area (Å²) in [6.07, 6.45) is 7.72. The molecule has 0 radical (unpaired) electrons. The van der Waals surface area contributed by atoms with Gasteiger partial charge in [0.2, 0.25) is 0 Å². The second-order valence-corrected chi connectivity index (χ2v) is 6.47. The molecule has 0 aliphatic heterocycles. The van der Waals surface area contributed by atoms with Crippen LogP contribution in [0.15, 0.2) is 0 Å². The van der Waals surface area contributed by atoms with E-state index in [1.54, 1.807) is 19.3 Å². The average molecular weight is 192 g/mol. The van der Waals surface area contributed by atoms with Crippen LogP contribution in [0.25, 0.3) is 0 Å². The molecule has 4 unspecified atom stereocenters. The van der Waals surface area contributed by atoms with Gasteiger partial charge in [-0.3, -0.25) is 0 Å². The van der Waals surface area contributed by atoms with Crippen molar-refractivity contribution in [3.05, 3.63) is 0 Å². The third kappa shape index (κ3) is 0.864. The van der Waals surface area contributed by atoms with Crippen LogP contribution >= 0.6 is 0 Å². The monoisotopic (exact) mass is 192 g/mol. The van der Waals surface area contributed by atoms with Gasteiger partial charge in [0.15, 0.2) is 0 Å². The van der Waals surface area contributed by atoms with Gasteiger partial charge in [-0.05, 0) is 41.4 Å². The predicted molar refractivity (Wildman–Crippen MR) is 60.0 cm³/mol. The summed E-state index contributed by atoms with van der Waals surface area (Å²) >= 11 is 0. The van der Waals surface area contributed by atoms with E-state index in [0.29, 0.717) is 0 Å². The highest BCUT2D eigenvalue weighted by Crippen LogP contribution is 2.81. The summed E-state index contributed by atoms with van der Waals surface area (Å²) in [5, 5.41) is 0. The Morgan fingerprint density at radius 1 is 1.14 bits per heavy atom. The maximum atomic E-state index is 2.51. The van der Waals surface area contributed by atoms with Crippen LogP contribution in [0, 0.1) is 35.0 Å². The summed E-state index contributed by atoms with van der Waals surface area (Å²) < 4.78 is 0. The van der Waals surface area contributed by atoms with Gasteiger partial charge in [0.25, 0.3) is 0 Å². The lowest BCUT2D eigenvalue weighted by Gasteiger charge is -2.38. The molecule has 3 saturated carbocycles. The summed E-state index contributed by atoms with van der Waals surface area (Å²) in [7, 11) is 0. The molecule has 80 valence electrons. The Kier molecular flexibility index (Phi) is 1.83. The zero-order valence-electron chi connectivity index (χ0n) is 9.92. The Morgan fingerprint density at radius 2 is 1.79 bits per heavy atom. The SMILES string of the molecule is CC(C)C12C(C)CC1C2C1CCCC1. The van der Waals surface area contributed by atoms with Crippen LogP contribution in [0.2, 0.25) is 0 Å². The maximum absolute atomic E-state index is 2.51. The smallest absolute Gasteiger partial charge is 0.0184 e. The number of hydrogen-bond donors (Lipinski definition) is 0. The summed E-state index contributed by atoms with van der Waals surface area (Å²) in [6, 6.07) is 0. The van der Waals surface area contributed by atoms with Crippen LogP contribution in [0.4, 0.5) is 0 Å². The molecule has 3 aliphatic rings. The molecule has 3 aliphatic carbocycles. The van der Waals surface area contributed by atoms with Crippen molar-refractivity contribution < 1.29 is 0 Å². The van der Waals surface area contributed by atoms with Crippen molar-refractivity contribution in [2.45, 2.75) is 52.9 Å². The van der Waals surface area contributed by atoms with E-state index in [1.165, 1.54) is 12.8 Å². The second kappa shape index (κ2) is 2.77. The molecule has 0 N–H and O–H groups in total. The van der Waals surface area contributed by atoms with E-state index in [0.717, 1.165) is 35.0 Å². The molecule has 0 nitrogen and oxygen atoms in total. The van der Waals surface area contributed by atoms with Crippen LogP contribution < -0.4 is 0 Å². The van der Waals surface area contributed by atoms with E-state index in [-0.39, 0.29) is 0 Å². The number of hydrogen-bond acceptors (Lipinski definition) is 0. The summed E-state index contributed by atoms with van der Waals surface area (Å²) in [5.41, 5.74) is 0.828. The van der Waals surface area contributed by atoms with E-state index in [1.807, 2.05) is 0 Å². The minimum atomic E-state index is 0.828. The first-order valence-electron chi connectivity index (χ1n) is 6.69. The highest BCUT2D eigenvalue weighted by Gasteiger charge is 2.76. The molecular formula is C14H24. The van der Waals surface area contributed by atoms with Crippen LogP contribution in [0.5, 0.6) is 0 Å². The van der Waals surface area contributed by atoms with E-state index in [2.05, 4.69) is 20.8 Å². The fourth-order valence-electron chi connectivity index (χ4n) is 5.44. The van der Waals surface area contributed by atoms with Gasteiger partial charge >= 0.3 is 0 Å². The van der Waals surface area contributed by atoms with E-state index >= 15 is 0 Å². The predicted octanol–water partition coefficient (Wildman–Crippen LogP) is 4.10. The minimum Gasteiger partial charge on any atom is -0.0622 e. The molecule has 0 amide bonds. The lowest BCUT2D eigenvalue weighted by atomic mass is 9.67. The Labute approximate surface area is 88.5 Å². The number of fused-ring (bicyclic) bond motifs is 1. The number of rotatable bonds is 2. The van der Waals surface area contributed by atoms with Crippen LogP contribution in [-0.2, 0) is 0 Å². The Hall–Kier alpha value is 0. The Balaban J connectivity index is 1.78. The van der Waals surface area contributed by atoms with Crippen molar-refractivity contribution in [2.75, 3.05) is 0 Å². The molecule has 14 heavy (non-hydrogen) atoms. The van der Waals surface area contributed by atoms with E-state index in [9.17, 15) is 0 Å². The first-order valence-corrected chi connectivity index (χ1v) is 6.69. The lowest BCUT2D eigenvalue weighted by Crippen LogP contribution is -2.31. The fourth-order valence-corrected chi connectivity index (χ4v) is 5.44. The molecule has 0 heterocycles. The van der Waals surface area contributed by atoms with Crippen molar-refractivity contribution in [1.82, 2.24) is 0 Å². The topological polar surface area (TPSA) is 0 Å². The first kappa shape index (κ1) is 9.24. The van der Waals surface area contributed by atoms with Crippen LogP contribution in [0.3, 0.4) is 0 Å². The third-order valence-corrected chi connectivity index (χ3v) is 5.91.